The second-order valence-corrected chi connectivity index (χ2v) is 5.47. The van der Waals surface area contributed by atoms with E-state index in [1.54, 1.807) is 6.07 Å². The van der Waals surface area contributed by atoms with E-state index in [9.17, 15) is 5.11 Å². The van der Waals surface area contributed by atoms with Crippen molar-refractivity contribution < 1.29 is 9.84 Å². The molecule has 1 aliphatic rings. The van der Waals surface area contributed by atoms with Gasteiger partial charge in [-0.3, -0.25) is 0 Å². The molecule has 1 saturated carbocycles. The molecule has 0 aromatic heterocycles. The zero-order valence-corrected chi connectivity index (χ0v) is 11.8. The molecular weight excluding hydrogens is 240 g/mol. The molecule has 1 aromatic carbocycles. The quantitative estimate of drug-likeness (QED) is 0.742. The first-order valence-electron chi connectivity index (χ1n) is 6.95. The highest BCUT2D eigenvalue weighted by atomic mass is 16.5. The van der Waals surface area contributed by atoms with E-state index in [0.29, 0.717) is 0 Å². The van der Waals surface area contributed by atoms with E-state index in [1.807, 2.05) is 26.1 Å². The van der Waals surface area contributed by atoms with Crippen LogP contribution < -0.4 is 10.6 Å². The molecule has 4 nitrogen and oxygen atoms in total. The molecule has 1 atom stereocenters. The monoisotopic (exact) mass is 264 g/mol. The average molecular weight is 264 g/mol. The smallest absolute Gasteiger partial charge is 0.122 e. The number of rotatable bonds is 7. The van der Waals surface area contributed by atoms with Gasteiger partial charge in [-0.1, -0.05) is 6.07 Å². The van der Waals surface area contributed by atoms with E-state index in [0.717, 1.165) is 36.9 Å². The number of benzene rings is 1. The molecule has 2 rings (SSSR count). The summed E-state index contributed by atoms with van der Waals surface area (Å²) < 4.78 is 5.62. The first-order chi connectivity index (χ1) is 9.08. The topological polar surface area (TPSA) is 58.7 Å². The number of phenols is 1. The summed E-state index contributed by atoms with van der Waals surface area (Å²) in [4.78, 5) is 2.08. The van der Waals surface area contributed by atoms with Crippen LogP contribution in [0.5, 0.6) is 5.75 Å². The van der Waals surface area contributed by atoms with Gasteiger partial charge >= 0.3 is 0 Å². The summed E-state index contributed by atoms with van der Waals surface area (Å²) in [6.45, 7) is 4.30. The zero-order chi connectivity index (χ0) is 13.8. The van der Waals surface area contributed by atoms with E-state index in [1.165, 1.54) is 12.8 Å². The van der Waals surface area contributed by atoms with Crippen molar-refractivity contribution in [3.8, 4) is 5.75 Å². The Morgan fingerprint density at radius 3 is 2.79 bits per heavy atom. The van der Waals surface area contributed by atoms with Crippen LogP contribution in [0.15, 0.2) is 18.2 Å². The average Bonchev–Trinajstić information content (AvgIpc) is 3.17. The summed E-state index contributed by atoms with van der Waals surface area (Å²) in [5.74, 6) is 1.07. The SMILES string of the molecule is CC(N)c1ccc(N(C)CCOCC2CC2)cc1O. The van der Waals surface area contributed by atoms with Gasteiger partial charge in [0.25, 0.3) is 0 Å². The molecule has 1 aliphatic carbocycles. The van der Waals surface area contributed by atoms with Gasteiger partial charge in [0.1, 0.15) is 5.75 Å². The molecule has 1 fully saturated rings. The largest absolute Gasteiger partial charge is 0.508 e. The summed E-state index contributed by atoms with van der Waals surface area (Å²) in [6, 6.07) is 5.48. The number of anilines is 1. The first-order valence-corrected chi connectivity index (χ1v) is 6.95. The van der Waals surface area contributed by atoms with Gasteiger partial charge in [0.05, 0.1) is 6.61 Å². The molecule has 0 aliphatic heterocycles. The Bertz CT molecular complexity index is 417. The summed E-state index contributed by atoms with van der Waals surface area (Å²) in [5, 5.41) is 9.93. The summed E-state index contributed by atoms with van der Waals surface area (Å²) in [7, 11) is 2.00. The van der Waals surface area contributed by atoms with Crippen LogP contribution in [-0.4, -0.2) is 31.9 Å². The lowest BCUT2D eigenvalue weighted by atomic mass is 10.1. The molecular formula is C15H24N2O2. The Hall–Kier alpha value is -1.26. The van der Waals surface area contributed by atoms with Gasteiger partial charge < -0.3 is 20.5 Å². The molecule has 0 spiro atoms. The van der Waals surface area contributed by atoms with Crippen molar-refractivity contribution in [1.82, 2.24) is 0 Å². The molecule has 0 heterocycles. The Labute approximate surface area is 115 Å². The normalized spacial score (nSPS) is 16.4. The van der Waals surface area contributed by atoms with Crippen LogP contribution in [-0.2, 0) is 4.74 Å². The van der Waals surface area contributed by atoms with Gasteiger partial charge in [-0.2, -0.15) is 0 Å². The Morgan fingerprint density at radius 1 is 1.47 bits per heavy atom. The third-order valence-electron chi connectivity index (χ3n) is 3.57. The molecule has 106 valence electrons. The number of hydrogen-bond donors (Lipinski definition) is 2. The molecule has 0 saturated heterocycles. The minimum Gasteiger partial charge on any atom is -0.508 e. The van der Waals surface area contributed by atoms with Gasteiger partial charge in [-0.25, -0.2) is 0 Å². The predicted octanol–water partition coefficient (Wildman–Crippen LogP) is 2.27. The van der Waals surface area contributed by atoms with E-state index in [4.69, 9.17) is 10.5 Å². The fourth-order valence-corrected chi connectivity index (χ4v) is 2.02. The van der Waals surface area contributed by atoms with Gasteiger partial charge in [0.15, 0.2) is 0 Å². The van der Waals surface area contributed by atoms with Gasteiger partial charge in [0, 0.05) is 43.6 Å². The van der Waals surface area contributed by atoms with Crippen molar-refractivity contribution in [3.63, 3.8) is 0 Å². The fraction of sp³-hybridized carbons (Fsp3) is 0.600. The van der Waals surface area contributed by atoms with E-state index in [-0.39, 0.29) is 11.8 Å². The zero-order valence-electron chi connectivity index (χ0n) is 11.8. The summed E-state index contributed by atoms with van der Waals surface area (Å²) in [5.41, 5.74) is 7.54. The maximum absolute atomic E-state index is 9.93. The minimum atomic E-state index is -0.152. The highest BCUT2D eigenvalue weighted by Gasteiger charge is 2.21. The van der Waals surface area contributed by atoms with Crippen molar-refractivity contribution in [2.45, 2.75) is 25.8 Å². The molecule has 0 bridgehead atoms. The lowest BCUT2D eigenvalue weighted by molar-refractivity contribution is 0.131. The number of ether oxygens (including phenoxy) is 1. The third kappa shape index (κ3) is 4.11. The maximum Gasteiger partial charge on any atom is 0.122 e. The highest BCUT2D eigenvalue weighted by Crippen LogP contribution is 2.29. The Morgan fingerprint density at radius 2 is 2.21 bits per heavy atom. The van der Waals surface area contributed by atoms with Crippen molar-refractivity contribution in [2.75, 3.05) is 31.7 Å². The predicted molar refractivity (Wildman–Crippen MR) is 77.5 cm³/mol. The van der Waals surface area contributed by atoms with E-state index < -0.39 is 0 Å². The van der Waals surface area contributed by atoms with Gasteiger partial charge in [-0.05, 0) is 31.7 Å². The number of aromatic hydroxyl groups is 1. The van der Waals surface area contributed by atoms with E-state index in [2.05, 4.69) is 4.90 Å². The van der Waals surface area contributed by atoms with Crippen LogP contribution in [0, 0.1) is 5.92 Å². The lowest BCUT2D eigenvalue weighted by Gasteiger charge is -2.20. The molecule has 1 unspecified atom stereocenters. The molecule has 1 aromatic rings. The standard InChI is InChI=1S/C15H24N2O2/c1-11(16)14-6-5-13(9-15(14)18)17(2)7-8-19-10-12-3-4-12/h5-6,9,11-12,18H,3-4,7-8,10,16H2,1-2H3. The summed E-state index contributed by atoms with van der Waals surface area (Å²) >= 11 is 0. The summed E-state index contributed by atoms with van der Waals surface area (Å²) in [6.07, 6.45) is 2.64. The van der Waals surface area contributed by atoms with Crippen LogP contribution >= 0.6 is 0 Å². The molecule has 0 radical (unpaired) electrons. The third-order valence-corrected chi connectivity index (χ3v) is 3.57. The van der Waals surface area contributed by atoms with Crippen LogP contribution in [0.4, 0.5) is 5.69 Å². The lowest BCUT2D eigenvalue weighted by Crippen LogP contribution is -2.23. The Balaban J connectivity index is 1.83. The van der Waals surface area contributed by atoms with Crippen molar-refractivity contribution in [2.24, 2.45) is 11.7 Å². The number of phenolic OH excluding ortho intramolecular Hbond substituents is 1. The molecule has 19 heavy (non-hydrogen) atoms. The van der Waals surface area contributed by atoms with E-state index >= 15 is 0 Å². The number of nitrogens with two attached hydrogens (primary N) is 1. The van der Waals surface area contributed by atoms with Crippen LogP contribution in [0.1, 0.15) is 31.4 Å². The number of likely N-dealkylation sites (N-methyl/N-ethyl adjacent to an activating group) is 1. The second-order valence-electron chi connectivity index (χ2n) is 5.47. The number of hydrogen-bond acceptors (Lipinski definition) is 4. The van der Waals surface area contributed by atoms with Gasteiger partial charge in [-0.15, -0.1) is 0 Å². The maximum atomic E-state index is 9.93. The van der Waals surface area contributed by atoms with Crippen molar-refractivity contribution >= 4 is 5.69 Å². The van der Waals surface area contributed by atoms with Gasteiger partial charge in [0.2, 0.25) is 0 Å². The van der Waals surface area contributed by atoms with Crippen LogP contribution in [0.2, 0.25) is 0 Å². The number of nitrogens with zero attached hydrogens (tertiary/aromatic N) is 1. The highest BCUT2D eigenvalue weighted by molar-refractivity contribution is 5.53. The Kier molecular flexibility index (Phi) is 4.66. The molecule has 3 N–H and O–H groups in total. The first kappa shape index (κ1) is 14.2. The fourth-order valence-electron chi connectivity index (χ4n) is 2.02. The molecule has 0 amide bonds. The van der Waals surface area contributed by atoms with Crippen LogP contribution in [0.25, 0.3) is 0 Å². The second kappa shape index (κ2) is 6.26. The van der Waals surface area contributed by atoms with Crippen molar-refractivity contribution in [3.05, 3.63) is 23.8 Å². The minimum absolute atomic E-state index is 0.152. The molecule has 4 heteroatoms. The van der Waals surface area contributed by atoms with Crippen LogP contribution in [0.3, 0.4) is 0 Å². The van der Waals surface area contributed by atoms with Crippen molar-refractivity contribution in [1.29, 1.82) is 0 Å².